The first kappa shape index (κ1) is 20.1. The monoisotopic (exact) mass is 393 g/mol. The summed E-state index contributed by atoms with van der Waals surface area (Å²) in [6.07, 6.45) is 3.99. The summed E-state index contributed by atoms with van der Waals surface area (Å²) in [6.45, 7) is 1.21. The summed E-state index contributed by atoms with van der Waals surface area (Å²) in [7, 11) is 0. The number of carboxylic acids is 1. The first-order valence-corrected chi connectivity index (χ1v) is 9.39. The van der Waals surface area contributed by atoms with Gasteiger partial charge in [0.05, 0.1) is 13.1 Å². The normalized spacial score (nSPS) is 10.5. The smallest absolute Gasteiger partial charge is 0.303 e. The van der Waals surface area contributed by atoms with Gasteiger partial charge in [-0.3, -0.25) is 14.3 Å². The standard InChI is InChI=1S/C22H23N3O4/c26-21(27)10-9-18-8-7-17(16-25-13-4-11-24-25)15-20(18)29-14-12-23-22(28)19-5-2-1-3-6-19/h1-8,11,13,15H,9-10,12,14,16H2,(H,23,28)(H,26,27). The first-order valence-electron chi connectivity index (χ1n) is 9.39. The van der Waals surface area contributed by atoms with Crippen LogP contribution in [0.3, 0.4) is 0 Å². The summed E-state index contributed by atoms with van der Waals surface area (Å²) in [5.74, 6) is -0.385. The average Bonchev–Trinajstić information content (AvgIpc) is 3.24. The quantitative estimate of drug-likeness (QED) is 0.517. The first-order chi connectivity index (χ1) is 14.1. The van der Waals surface area contributed by atoms with Crippen molar-refractivity contribution in [2.75, 3.05) is 13.2 Å². The van der Waals surface area contributed by atoms with E-state index in [4.69, 9.17) is 9.84 Å². The van der Waals surface area contributed by atoms with E-state index in [0.29, 0.717) is 30.8 Å². The molecule has 0 aliphatic heterocycles. The van der Waals surface area contributed by atoms with Gasteiger partial charge in [0.1, 0.15) is 12.4 Å². The van der Waals surface area contributed by atoms with Crippen molar-refractivity contribution in [3.05, 3.63) is 83.7 Å². The van der Waals surface area contributed by atoms with Gasteiger partial charge in [-0.15, -0.1) is 0 Å². The Hall–Kier alpha value is -3.61. The third-order valence-electron chi connectivity index (χ3n) is 4.32. The van der Waals surface area contributed by atoms with Crippen LogP contribution in [0, 0.1) is 0 Å². The van der Waals surface area contributed by atoms with Crippen molar-refractivity contribution in [2.24, 2.45) is 0 Å². The Labute approximate surface area is 168 Å². The lowest BCUT2D eigenvalue weighted by atomic mass is 10.1. The molecule has 7 nitrogen and oxygen atoms in total. The van der Waals surface area contributed by atoms with Crippen molar-refractivity contribution in [3.63, 3.8) is 0 Å². The molecule has 0 spiro atoms. The summed E-state index contributed by atoms with van der Waals surface area (Å²) in [5, 5.41) is 16.0. The van der Waals surface area contributed by atoms with E-state index in [0.717, 1.165) is 11.1 Å². The van der Waals surface area contributed by atoms with Crippen LogP contribution >= 0.6 is 0 Å². The third kappa shape index (κ3) is 6.21. The van der Waals surface area contributed by atoms with Crippen LogP contribution in [-0.2, 0) is 17.8 Å². The number of aryl methyl sites for hydroxylation is 1. The van der Waals surface area contributed by atoms with Gasteiger partial charge in [-0.2, -0.15) is 5.10 Å². The number of carboxylic acid groups (broad SMARTS) is 1. The van der Waals surface area contributed by atoms with Gasteiger partial charge in [0.25, 0.3) is 5.91 Å². The van der Waals surface area contributed by atoms with E-state index in [-0.39, 0.29) is 18.9 Å². The van der Waals surface area contributed by atoms with Crippen molar-refractivity contribution >= 4 is 11.9 Å². The number of nitrogens with one attached hydrogen (secondary N) is 1. The van der Waals surface area contributed by atoms with E-state index in [1.807, 2.05) is 48.7 Å². The maximum absolute atomic E-state index is 12.1. The van der Waals surface area contributed by atoms with Crippen LogP contribution in [0.25, 0.3) is 0 Å². The van der Waals surface area contributed by atoms with Crippen molar-refractivity contribution < 1.29 is 19.4 Å². The highest BCUT2D eigenvalue weighted by Gasteiger charge is 2.09. The minimum absolute atomic E-state index is 0.0274. The molecule has 150 valence electrons. The van der Waals surface area contributed by atoms with Gasteiger partial charge in [-0.25, -0.2) is 0 Å². The van der Waals surface area contributed by atoms with Gasteiger partial charge < -0.3 is 15.2 Å². The van der Waals surface area contributed by atoms with Crippen LogP contribution in [0.2, 0.25) is 0 Å². The summed E-state index contributed by atoms with van der Waals surface area (Å²) in [4.78, 5) is 23.0. The zero-order chi connectivity index (χ0) is 20.5. The number of nitrogens with zero attached hydrogens (tertiary/aromatic N) is 2. The second-order valence-corrected chi connectivity index (χ2v) is 6.51. The van der Waals surface area contributed by atoms with Crippen LogP contribution in [-0.4, -0.2) is 39.9 Å². The van der Waals surface area contributed by atoms with Crippen LogP contribution in [0.5, 0.6) is 5.75 Å². The van der Waals surface area contributed by atoms with Gasteiger partial charge in [0, 0.05) is 24.4 Å². The maximum atomic E-state index is 12.1. The molecule has 1 heterocycles. The number of aromatic nitrogens is 2. The molecule has 0 fully saturated rings. The van der Waals surface area contributed by atoms with Gasteiger partial charge in [-0.05, 0) is 41.8 Å². The molecule has 29 heavy (non-hydrogen) atoms. The minimum atomic E-state index is -0.855. The molecule has 0 aliphatic carbocycles. The van der Waals surface area contributed by atoms with Gasteiger partial charge in [0.15, 0.2) is 0 Å². The largest absolute Gasteiger partial charge is 0.491 e. The number of hydrogen-bond acceptors (Lipinski definition) is 4. The molecule has 2 N–H and O–H groups in total. The zero-order valence-corrected chi connectivity index (χ0v) is 16.0. The van der Waals surface area contributed by atoms with E-state index >= 15 is 0 Å². The van der Waals surface area contributed by atoms with Crippen molar-refractivity contribution in [1.29, 1.82) is 0 Å². The molecule has 0 radical (unpaired) electrons. The molecule has 0 aliphatic rings. The molecule has 3 rings (SSSR count). The predicted octanol–water partition coefficient (Wildman–Crippen LogP) is 2.76. The molecular formula is C22H23N3O4. The fraction of sp³-hybridized carbons (Fsp3) is 0.227. The van der Waals surface area contributed by atoms with E-state index in [2.05, 4.69) is 10.4 Å². The number of ether oxygens (including phenoxy) is 1. The molecule has 0 saturated heterocycles. The van der Waals surface area contributed by atoms with Crippen molar-refractivity contribution in [2.45, 2.75) is 19.4 Å². The highest BCUT2D eigenvalue weighted by atomic mass is 16.5. The molecule has 0 unspecified atom stereocenters. The van der Waals surface area contributed by atoms with E-state index < -0.39 is 5.97 Å². The molecule has 2 aromatic carbocycles. The fourth-order valence-electron chi connectivity index (χ4n) is 2.88. The number of hydrogen-bond donors (Lipinski definition) is 2. The van der Waals surface area contributed by atoms with Crippen molar-refractivity contribution in [3.8, 4) is 5.75 Å². The number of aliphatic carboxylic acids is 1. The summed E-state index contributed by atoms with van der Waals surface area (Å²) in [5.41, 5.74) is 2.41. The van der Waals surface area contributed by atoms with Gasteiger partial charge in [-0.1, -0.05) is 30.3 Å². The molecule has 7 heteroatoms. The van der Waals surface area contributed by atoms with Crippen LogP contribution in [0.15, 0.2) is 67.0 Å². The summed E-state index contributed by atoms with van der Waals surface area (Å²) in [6, 6.07) is 16.6. The van der Waals surface area contributed by atoms with E-state index in [1.165, 1.54) is 0 Å². The van der Waals surface area contributed by atoms with Crippen LogP contribution in [0.1, 0.15) is 27.9 Å². The lowest BCUT2D eigenvalue weighted by Crippen LogP contribution is -2.28. The highest BCUT2D eigenvalue weighted by molar-refractivity contribution is 5.94. The van der Waals surface area contributed by atoms with E-state index in [1.54, 1.807) is 23.0 Å². The fourth-order valence-corrected chi connectivity index (χ4v) is 2.88. The number of amides is 1. The number of carbonyl (C=O) groups is 2. The molecule has 0 saturated carbocycles. The topological polar surface area (TPSA) is 93.4 Å². The summed E-state index contributed by atoms with van der Waals surface area (Å²) >= 11 is 0. The number of benzene rings is 2. The zero-order valence-electron chi connectivity index (χ0n) is 16.0. The summed E-state index contributed by atoms with van der Waals surface area (Å²) < 4.78 is 7.68. The van der Waals surface area contributed by atoms with Gasteiger partial charge >= 0.3 is 5.97 Å². The Morgan fingerprint density at radius 2 is 1.93 bits per heavy atom. The Morgan fingerprint density at radius 3 is 2.66 bits per heavy atom. The predicted molar refractivity (Wildman–Crippen MR) is 108 cm³/mol. The molecule has 1 amide bonds. The Bertz CT molecular complexity index is 940. The number of rotatable bonds is 10. The van der Waals surface area contributed by atoms with Gasteiger partial charge in [0.2, 0.25) is 0 Å². The maximum Gasteiger partial charge on any atom is 0.303 e. The third-order valence-corrected chi connectivity index (χ3v) is 4.32. The van der Waals surface area contributed by atoms with Crippen LogP contribution in [0.4, 0.5) is 0 Å². The lowest BCUT2D eigenvalue weighted by Gasteiger charge is -2.14. The molecule has 0 atom stereocenters. The minimum Gasteiger partial charge on any atom is -0.491 e. The molecule has 1 aromatic heterocycles. The second-order valence-electron chi connectivity index (χ2n) is 6.51. The SMILES string of the molecule is O=C(O)CCc1ccc(Cn2cccn2)cc1OCCNC(=O)c1ccccc1. The second kappa shape index (κ2) is 10.1. The molecule has 3 aromatic rings. The lowest BCUT2D eigenvalue weighted by molar-refractivity contribution is -0.136. The van der Waals surface area contributed by atoms with Crippen molar-refractivity contribution in [1.82, 2.24) is 15.1 Å². The Balaban J connectivity index is 1.61. The average molecular weight is 393 g/mol. The molecular weight excluding hydrogens is 370 g/mol. The Morgan fingerprint density at radius 1 is 1.10 bits per heavy atom. The van der Waals surface area contributed by atoms with E-state index in [9.17, 15) is 9.59 Å². The highest BCUT2D eigenvalue weighted by Crippen LogP contribution is 2.23. The Kier molecular flexibility index (Phi) is 7.00. The number of carbonyl (C=O) groups excluding carboxylic acids is 1. The molecule has 0 bridgehead atoms. The van der Waals surface area contributed by atoms with Crippen LogP contribution < -0.4 is 10.1 Å².